The van der Waals surface area contributed by atoms with Crippen molar-refractivity contribution in [3.05, 3.63) is 11.6 Å². The molecule has 1 aliphatic heterocycles. The SMILES string of the molecule is C[C@]12CC[C@H](OCCC(=N)N)C[C@H]1CC[C@@H]1[C@@H]2CC[C@]2(C)[C@@H](C3=CC(=O)OC3)CC[C@]12O.O=C(O)C(=O)O. The molecule has 0 unspecified atom stereocenters. The van der Waals surface area contributed by atoms with E-state index in [0.29, 0.717) is 37.4 Å². The molecule has 0 saturated heterocycles. The van der Waals surface area contributed by atoms with Crippen molar-refractivity contribution < 1.29 is 39.2 Å². The zero-order valence-corrected chi connectivity index (χ0v) is 22.4. The largest absolute Gasteiger partial charge is 0.473 e. The first kappa shape index (κ1) is 28.5. The molecule has 38 heavy (non-hydrogen) atoms. The number of hydrogen-bond donors (Lipinski definition) is 5. The van der Waals surface area contributed by atoms with Crippen LogP contribution in [0, 0.1) is 39.9 Å². The van der Waals surface area contributed by atoms with E-state index in [-0.39, 0.29) is 34.7 Å². The molecule has 212 valence electrons. The number of amidine groups is 1. The van der Waals surface area contributed by atoms with Gasteiger partial charge in [0.2, 0.25) is 0 Å². The van der Waals surface area contributed by atoms with Gasteiger partial charge in [0.15, 0.2) is 0 Å². The summed E-state index contributed by atoms with van der Waals surface area (Å²) < 4.78 is 11.3. The number of carbonyl (C=O) groups excluding carboxylic acids is 1. The summed E-state index contributed by atoms with van der Waals surface area (Å²) >= 11 is 0. The molecule has 0 amide bonds. The van der Waals surface area contributed by atoms with Gasteiger partial charge >= 0.3 is 17.9 Å². The van der Waals surface area contributed by atoms with Gasteiger partial charge in [0.25, 0.3) is 0 Å². The summed E-state index contributed by atoms with van der Waals surface area (Å²) in [6.07, 6.45) is 12.1. The second kappa shape index (κ2) is 10.6. The van der Waals surface area contributed by atoms with E-state index in [1.54, 1.807) is 6.08 Å². The molecule has 0 bridgehead atoms. The molecule has 10 nitrogen and oxygen atoms in total. The van der Waals surface area contributed by atoms with Gasteiger partial charge in [-0.05, 0) is 92.4 Å². The number of cyclic esters (lactones) is 1. The minimum atomic E-state index is -1.82. The molecule has 10 heteroatoms. The fourth-order valence-electron chi connectivity index (χ4n) is 8.86. The van der Waals surface area contributed by atoms with Gasteiger partial charge in [0, 0.05) is 17.9 Å². The summed E-state index contributed by atoms with van der Waals surface area (Å²) in [4.78, 5) is 29.9. The number of esters is 1. The predicted molar refractivity (Wildman–Crippen MR) is 137 cm³/mol. The first-order valence-corrected chi connectivity index (χ1v) is 13.8. The van der Waals surface area contributed by atoms with Crippen molar-refractivity contribution in [1.29, 1.82) is 5.41 Å². The van der Waals surface area contributed by atoms with Crippen LogP contribution in [0.2, 0.25) is 0 Å². The number of nitrogens with one attached hydrogen (secondary N) is 1. The standard InChI is InChI=1S/C26H40N2O4.C2H2O4/c1-24-9-5-18(31-12-8-22(27)28)14-17(24)3-4-21-20(24)6-10-25(2)19(7-11-26(21,25)30)16-13-23(29)32-15-16;3-1(4)2(5)6/h13,17-21,30H,3-12,14-15H2,1-2H3,(H3,27,28);(H,3,4)(H,5,6)/t17-,18+,19-,20+,21-,24+,25-,26+;/m1./s1. The Labute approximate surface area is 223 Å². The van der Waals surface area contributed by atoms with Crippen molar-refractivity contribution in [2.45, 2.75) is 89.8 Å². The highest BCUT2D eigenvalue weighted by atomic mass is 16.5. The van der Waals surface area contributed by atoms with Crippen LogP contribution in [-0.2, 0) is 23.9 Å². The topological polar surface area (TPSA) is 180 Å². The lowest BCUT2D eigenvalue weighted by Crippen LogP contribution is -2.62. The van der Waals surface area contributed by atoms with E-state index in [1.807, 2.05) is 0 Å². The average Bonchev–Trinajstić information content (AvgIpc) is 3.39. The molecule has 0 aromatic rings. The Morgan fingerprint density at radius 3 is 2.39 bits per heavy atom. The van der Waals surface area contributed by atoms with Crippen molar-refractivity contribution in [1.82, 2.24) is 0 Å². The Kier molecular flexibility index (Phi) is 7.96. The summed E-state index contributed by atoms with van der Waals surface area (Å²) in [7, 11) is 0. The third-order valence-electron chi connectivity index (χ3n) is 10.8. The van der Waals surface area contributed by atoms with E-state index in [0.717, 1.165) is 56.9 Å². The molecule has 1 heterocycles. The van der Waals surface area contributed by atoms with Crippen molar-refractivity contribution in [2.24, 2.45) is 40.2 Å². The van der Waals surface area contributed by atoms with E-state index < -0.39 is 17.5 Å². The van der Waals surface area contributed by atoms with Crippen LogP contribution in [0.3, 0.4) is 0 Å². The molecule has 8 atom stereocenters. The second-order valence-corrected chi connectivity index (χ2v) is 12.4. The molecule has 0 spiro atoms. The molecule has 0 radical (unpaired) electrons. The summed E-state index contributed by atoms with van der Waals surface area (Å²) in [5.74, 6) is -1.85. The predicted octanol–water partition coefficient (Wildman–Crippen LogP) is 3.11. The molecule has 4 fully saturated rings. The van der Waals surface area contributed by atoms with Crippen LogP contribution in [0.4, 0.5) is 0 Å². The van der Waals surface area contributed by atoms with Crippen molar-refractivity contribution in [3.8, 4) is 0 Å². The lowest BCUT2D eigenvalue weighted by Gasteiger charge is -2.63. The minimum absolute atomic E-state index is 0.163. The van der Waals surface area contributed by atoms with Gasteiger partial charge < -0.3 is 30.5 Å². The fraction of sp³-hybridized carbons (Fsp3) is 0.786. The maximum Gasteiger partial charge on any atom is 0.414 e. The van der Waals surface area contributed by atoms with E-state index in [4.69, 9.17) is 40.4 Å². The van der Waals surface area contributed by atoms with Crippen LogP contribution in [-0.4, -0.2) is 64.0 Å². The highest BCUT2D eigenvalue weighted by Gasteiger charge is 2.67. The first-order valence-electron chi connectivity index (χ1n) is 13.8. The number of fused-ring (bicyclic) bond motifs is 5. The number of carboxylic acids is 2. The van der Waals surface area contributed by atoms with Crippen molar-refractivity contribution >= 4 is 23.7 Å². The summed E-state index contributed by atoms with van der Waals surface area (Å²) in [5.41, 5.74) is 6.05. The third-order valence-corrected chi connectivity index (χ3v) is 10.8. The molecular formula is C28H42N2O8. The zero-order chi connectivity index (χ0) is 27.9. The molecule has 4 saturated carbocycles. The van der Waals surface area contributed by atoms with Crippen LogP contribution in [0.5, 0.6) is 0 Å². The number of ether oxygens (including phenoxy) is 2. The van der Waals surface area contributed by atoms with Crippen molar-refractivity contribution in [2.75, 3.05) is 13.2 Å². The molecule has 5 rings (SSSR count). The number of nitrogens with two attached hydrogens (primary N) is 1. The highest BCUT2D eigenvalue weighted by molar-refractivity contribution is 6.27. The quantitative estimate of drug-likeness (QED) is 0.153. The molecular weight excluding hydrogens is 492 g/mol. The Bertz CT molecular complexity index is 1000. The maximum atomic E-state index is 12.3. The van der Waals surface area contributed by atoms with Gasteiger partial charge in [0.1, 0.15) is 6.61 Å². The normalized spacial score (nSPS) is 41.4. The maximum absolute atomic E-state index is 12.3. The van der Waals surface area contributed by atoms with Crippen LogP contribution in [0.1, 0.15) is 78.1 Å². The van der Waals surface area contributed by atoms with E-state index in [2.05, 4.69) is 13.8 Å². The second-order valence-electron chi connectivity index (χ2n) is 12.4. The lowest BCUT2D eigenvalue weighted by atomic mass is 9.43. The zero-order valence-electron chi connectivity index (χ0n) is 22.4. The number of hydrogen-bond acceptors (Lipinski definition) is 7. The van der Waals surface area contributed by atoms with Gasteiger partial charge in [-0.15, -0.1) is 0 Å². The Morgan fingerprint density at radius 1 is 1.08 bits per heavy atom. The van der Waals surface area contributed by atoms with Crippen LogP contribution in [0.25, 0.3) is 0 Å². The van der Waals surface area contributed by atoms with Gasteiger partial charge in [-0.3, -0.25) is 5.41 Å². The van der Waals surface area contributed by atoms with E-state index >= 15 is 0 Å². The summed E-state index contributed by atoms with van der Waals surface area (Å²) in [6.45, 7) is 5.74. The van der Waals surface area contributed by atoms with E-state index in [1.165, 1.54) is 6.42 Å². The third kappa shape index (κ3) is 4.97. The average molecular weight is 535 g/mol. The number of rotatable bonds is 5. The molecule has 0 aromatic heterocycles. The van der Waals surface area contributed by atoms with Gasteiger partial charge in [-0.2, -0.15) is 0 Å². The lowest BCUT2D eigenvalue weighted by molar-refractivity contribution is -0.209. The highest BCUT2D eigenvalue weighted by Crippen LogP contribution is 2.70. The van der Waals surface area contributed by atoms with Gasteiger partial charge in [-0.1, -0.05) is 13.8 Å². The summed E-state index contributed by atoms with van der Waals surface area (Å²) in [6, 6.07) is 0. The molecule has 4 aliphatic carbocycles. The smallest absolute Gasteiger partial charge is 0.414 e. The van der Waals surface area contributed by atoms with Crippen molar-refractivity contribution in [3.63, 3.8) is 0 Å². The first-order chi connectivity index (χ1) is 17.8. The molecule has 0 aromatic carbocycles. The van der Waals surface area contributed by atoms with Crippen LogP contribution in [0.15, 0.2) is 11.6 Å². The molecule has 5 aliphatic rings. The number of carboxylic acid groups (broad SMARTS) is 2. The fourth-order valence-corrected chi connectivity index (χ4v) is 8.86. The van der Waals surface area contributed by atoms with Crippen LogP contribution < -0.4 is 5.73 Å². The number of aliphatic carboxylic acids is 2. The monoisotopic (exact) mass is 534 g/mol. The number of carbonyl (C=O) groups is 3. The van der Waals surface area contributed by atoms with Gasteiger partial charge in [-0.25, -0.2) is 14.4 Å². The molecule has 6 N–H and O–H groups in total. The summed E-state index contributed by atoms with van der Waals surface area (Å²) in [5, 5.41) is 34.5. The minimum Gasteiger partial charge on any atom is -0.473 e. The Hall–Kier alpha value is -2.46. The Morgan fingerprint density at radius 2 is 1.79 bits per heavy atom. The van der Waals surface area contributed by atoms with Gasteiger partial charge in [0.05, 0.1) is 24.1 Å². The Balaban J connectivity index is 0.000000505. The van der Waals surface area contributed by atoms with Crippen LogP contribution >= 0.6 is 0 Å². The number of aliphatic hydroxyl groups is 1. The van der Waals surface area contributed by atoms with E-state index in [9.17, 15) is 9.90 Å².